The molecule has 1 amide bonds. The number of hydrogen-bond acceptors (Lipinski definition) is 6. The van der Waals surface area contributed by atoms with Crippen LogP contribution < -0.4 is 10.6 Å². The summed E-state index contributed by atoms with van der Waals surface area (Å²) in [7, 11) is 1.81. The Morgan fingerprint density at radius 1 is 1.21 bits per heavy atom. The first-order chi connectivity index (χ1) is 13.6. The van der Waals surface area contributed by atoms with Crippen LogP contribution in [0.15, 0.2) is 45.5 Å². The molecular formula is C20H16BrN5O2. The number of benzene rings is 1. The SMILES string of the molecule is CNc1ncc(-c2nc3c(Br)cccc3o2)c2cc(NC(=O)C3CC3)ncc12. The molecular weight excluding hydrogens is 422 g/mol. The molecule has 0 aliphatic heterocycles. The van der Waals surface area contributed by atoms with Crippen LogP contribution in [-0.4, -0.2) is 27.9 Å². The van der Waals surface area contributed by atoms with Crippen molar-refractivity contribution in [3.63, 3.8) is 0 Å². The van der Waals surface area contributed by atoms with Crippen molar-refractivity contribution in [1.29, 1.82) is 0 Å². The number of nitrogens with zero attached hydrogens (tertiary/aromatic N) is 3. The van der Waals surface area contributed by atoms with Gasteiger partial charge in [0.2, 0.25) is 11.8 Å². The lowest BCUT2D eigenvalue weighted by atomic mass is 10.1. The van der Waals surface area contributed by atoms with Crippen molar-refractivity contribution < 1.29 is 9.21 Å². The zero-order valence-corrected chi connectivity index (χ0v) is 16.6. The van der Waals surface area contributed by atoms with Crippen LogP contribution in [0.3, 0.4) is 0 Å². The molecule has 1 saturated carbocycles. The fourth-order valence-electron chi connectivity index (χ4n) is 3.18. The van der Waals surface area contributed by atoms with Crippen LogP contribution in [0.1, 0.15) is 12.8 Å². The van der Waals surface area contributed by atoms with Gasteiger partial charge in [0.25, 0.3) is 0 Å². The maximum atomic E-state index is 12.1. The molecule has 28 heavy (non-hydrogen) atoms. The average molecular weight is 438 g/mol. The molecule has 1 aromatic carbocycles. The number of fused-ring (bicyclic) bond motifs is 2. The number of halogens is 1. The minimum Gasteiger partial charge on any atom is -0.436 e. The highest BCUT2D eigenvalue weighted by Gasteiger charge is 2.30. The highest BCUT2D eigenvalue weighted by molar-refractivity contribution is 9.10. The molecule has 8 heteroatoms. The van der Waals surface area contributed by atoms with E-state index >= 15 is 0 Å². The first-order valence-corrected chi connectivity index (χ1v) is 9.76. The first-order valence-electron chi connectivity index (χ1n) is 8.97. The van der Waals surface area contributed by atoms with E-state index in [1.165, 1.54) is 0 Å². The number of carbonyl (C=O) groups is 1. The van der Waals surface area contributed by atoms with Crippen LogP contribution in [-0.2, 0) is 4.79 Å². The molecule has 0 radical (unpaired) electrons. The van der Waals surface area contributed by atoms with Gasteiger partial charge in [-0.15, -0.1) is 0 Å². The van der Waals surface area contributed by atoms with E-state index in [4.69, 9.17) is 4.42 Å². The van der Waals surface area contributed by atoms with Gasteiger partial charge in [-0.05, 0) is 47.0 Å². The van der Waals surface area contributed by atoms with Crippen molar-refractivity contribution in [2.45, 2.75) is 12.8 Å². The Labute approximate surface area is 168 Å². The monoisotopic (exact) mass is 437 g/mol. The number of anilines is 2. The second kappa shape index (κ2) is 6.56. The number of pyridine rings is 2. The molecule has 0 spiro atoms. The zero-order valence-electron chi connectivity index (χ0n) is 15.0. The van der Waals surface area contributed by atoms with E-state index < -0.39 is 0 Å². The molecule has 7 nitrogen and oxygen atoms in total. The van der Waals surface area contributed by atoms with Gasteiger partial charge in [-0.3, -0.25) is 4.79 Å². The van der Waals surface area contributed by atoms with E-state index in [-0.39, 0.29) is 11.8 Å². The predicted molar refractivity (Wildman–Crippen MR) is 111 cm³/mol. The van der Waals surface area contributed by atoms with Gasteiger partial charge in [-0.1, -0.05) is 6.07 Å². The summed E-state index contributed by atoms with van der Waals surface area (Å²) >= 11 is 3.51. The number of amides is 1. The van der Waals surface area contributed by atoms with E-state index in [0.717, 1.165) is 39.2 Å². The minimum atomic E-state index is 0.0158. The van der Waals surface area contributed by atoms with E-state index in [0.29, 0.717) is 23.1 Å². The fraction of sp³-hybridized carbons (Fsp3) is 0.200. The molecule has 2 N–H and O–H groups in total. The lowest BCUT2D eigenvalue weighted by molar-refractivity contribution is -0.117. The molecule has 1 fully saturated rings. The van der Waals surface area contributed by atoms with Crippen molar-refractivity contribution in [2.75, 3.05) is 17.7 Å². The number of nitrogens with one attached hydrogen (secondary N) is 2. The van der Waals surface area contributed by atoms with Gasteiger partial charge in [0.1, 0.15) is 17.2 Å². The number of aromatic nitrogens is 3. The fourth-order valence-corrected chi connectivity index (χ4v) is 3.61. The molecule has 0 atom stereocenters. The maximum Gasteiger partial charge on any atom is 0.229 e. The second-order valence-electron chi connectivity index (χ2n) is 6.75. The van der Waals surface area contributed by atoms with E-state index in [2.05, 4.69) is 41.5 Å². The molecule has 3 heterocycles. The molecule has 5 rings (SSSR count). The van der Waals surface area contributed by atoms with Crippen LogP contribution in [0.5, 0.6) is 0 Å². The summed E-state index contributed by atoms with van der Waals surface area (Å²) in [6, 6.07) is 7.54. The summed E-state index contributed by atoms with van der Waals surface area (Å²) in [4.78, 5) is 25.6. The normalized spacial score (nSPS) is 13.8. The van der Waals surface area contributed by atoms with Crippen molar-refractivity contribution in [3.05, 3.63) is 41.1 Å². The van der Waals surface area contributed by atoms with Crippen molar-refractivity contribution in [2.24, 2.45) is 5.92 Å². The van der Waals surface area contributed by atoms with E-state index in [1.54, 1.807) is 19.4 Å². The molecule has 140 valence electrons. The van der Waals surface area contributed by atoms with Gasteiger partial charge in [-0.25, -0.2) is 15.0 Å². The van der Waals surface area contributed by atoms with Crippen LogP contribution >= 0.6 is 15.9 Å². The lowest BCUT2D eigenvalue weighted by Gasteiger charge is -2.10. The van der Waals surface area contributed by atoms with Gasteiger partial charge in [-0.2, -0.15) is 0 Å². The third kappa shape index (κ3) is 2.90. The van der Waals surface area contributed by atoms with Crippen LogP contribution in [0.2, 0.25) is 0 Å². The molecule has 0 bridgehead atoms. The number of rotatable bonds is 4. The van der Waals surface area contributed by atoms with E-state index in [1.807, 2.05) is 24.3 Å². The Morgan fingerprint density at radius 3 is 2.82 bits per heavy atom. The number of oxazole rings is 1. The van der Waals surface area contributed by atoms with E-state index in [9.17, 15) is 4.79 Å². The molecule has 1 aliphatic carbocycles. The topological polar surface area (TPSA) is 92.9 Å². The average Bonchev–Trinajstić information content (AvgIpc) is 3.46. The summed E-state index contributed by atoms with van der Waals surface area (Å²) in [6.07, 6.45) is 5.31. The number of hydrogen-bond donors (Lipinski definition) is 2. The van der Waals surface area contributed by atoms with Gasteiger partial charge >= 0.3 is 0 Å². The predicted octanol–water partition coefficient (Wildman–Crippen LogP) is 4.59. The standard InChI is InChI=1S/C20H16BrN5O2/c1-22-18-12-8-23-16(25-19(27)10-5-6-10)7-11(12)13(9-24-18)20-26-17-14(21)3-2-4-15(17)28-20/h2-4,7-10H,5-6H2,1H3,(H,22,24)(H,23,25,27). The summed E-state index contributed by atoms with van der Waals surface area (Å²) in [6.45, 7) is 0. The third-order valence-corrected chi connectivity index (χ3v) is 5.45. The quantitative estimate of drug-likeness (QED) is 0.484. The summed E-state index contributed by atoms with van der Waals surface area (Å²) < 4.78 is 6.84. The Morgan fingerprint density at radius 2 is 2.07 bits per heavy atom. The Kier molecular flexibility index (Phi) is 4.01. The maximum absolute atomic E-state index is 12.1. The van der Waals surface area contributed by atoms with Crippen molar-refractivity contribution in [1.82, 2.24) is 15.0 Å². The molecule has 4 aromatic rings. The largest absolute Gasteiger partial charge is 0.436 e. The number of carbonyl (C=O) groups excluding carboxylic acids is 1. The highest BCUT2D eigenvalue weighted by Crippen LogP contribution is 2.35. The molecule has 3 aromatic heterocycles. The smallest absolute Gasteiger partial charge is 0.229 e. The Balaban J connectivity index is 1.67. The van der Waals surface area contributed by atoms with Crippen molar-refractivity contribution >= 4 is 55.3 Å². The van der Waals surface area contributed by atoms with Gasteiger partial charge in [0, 0.05) is 40.6 Å². The summed E-state index contributed by atoms with van der Waals surface area (Å²) in [5.41, 5.74) is 2.17. The minimum absolute atomic E-state index is 0.0158. The highest BCUT2D eigenvalue weighted by atomic mass is 79.9. The Hall–Kier alpha value is -3.00. The van der Waals surface area contributed by atoms with Crippen LogP contribution in [0, 0.1) is 5.92 Å². The number of para-hydroxylation sites is 1. The third-order valence-electron chi connectivity index (χ3n) is 4.81. The van der Waals surface area contributed by atoms with Crippen molar-refractivity contribution in [3.8, 4) is 11.5 Å². The first kappa shape index (κ1) is 17.1. The van der Waals surface area contributed by atoms with Gasteiger partial charge in [0.15, 0.2) is 5.58 Å². The lowest BCUT2D eigenvalue weighted by Crippen LogP contribution is -2.14. The van der Waals surface area contributed by atoms with Crippen LogP contribution in [0.25, 0.3) is 33.3 Å². The second-order valence-corrected chi connectivity index (χ2v) is 7.61. The zero-order chi connectivity index (χ0) is 19.3. The van der Waals surface area contributed by atoms with Crippen LogP contribution in [0.4, 0.5) is 11.6 Å². The molecule has 1 aliphatic rings. The summed E-state index contributed by atoms with van der Waals surface area (Å²) in [5.74, 6) is 1.80. The van der Waals surface area contributed by atoms with Gasteiger partial charge < -0.3 is 15.1 Å². The molecule has 0 unspecified atom stereocenters. The Bertz CT molecular complexity index is 1230. The molecule has 0 saturated heterocycles. The van der Waals surface area contributed by atoms with Gasteiger partial charge in [0.05, 0.1) is 5.56 Å². The summed E-state index contributed by atoms with van der Waals surface area (Å²) in [5, 5.41) is 7.65.